The number of halogens is 1. The molecule has 7 heteroatoms. The Hall–Kier alpha value is -2.54. The molecule has 1 unspecified atom stereocenters. The Morgan fingerprint density at radius 2 is 2.04 bits per heavy atom. The van der Waals surface area contributed by atoms with Crippen LogP contribution in [0.3, 0.4) is 0 Å². The molecular weight excluding hydrogens is 374 g/mol. The number of methoxy groups -OCH3 is 1. The number of hydrogen-bond acceptors (Lipinski definition) is 4. The third kappa shape index (κ3) is 2.94. The maximum Gasteiger partial charge on any atom is 0.346 e. The van der Waals surface area contributed by atoms with Gasteiger partial charge in [-0.1, -0.05) is 30.3 Å². The van der Waals surface area contributed by atoms with E-state index in [2.05, 4.69) is 20.9 Å². The van der Waals surface area contributed by atoms with Crippen LogP contribution in [-0.2, 0) is 6.54 Å². The zero-order chi connectivity index (χ0) is 17.3. The third-order valence-electron chi connectivity index (χ3n) is 3.84. The van der Waals surface area contributed by atoms with Gasteiger partial charge in [0.15, 0.2) is 11.5 Å². The number of phenols is 1. The van der Waals surface area contributed by atoms with E-state index in [0.717, 1.165) is 5.56 Å². The molecular formula is C17H16BrN3O3. The number of urea groups is 1. The maximum atomic E-state index is 12.2. The van der Waals surface area contributed by atoms with Gasteiger partial charge < -0.3 is 20.5 Å². The number of phenolic OH excluding ortho intramolecular Hbond substituents is 1. The summed E-state index contributed by atoms with van der Waals surface area (Å²) in [4.78, 5) is 17.7. The molecule has 1 aliphatic heterocycles. The smallest absolute Gasteiger partial charge is 0.346 e. The van der Waals surface area contributed by atoms with Crippen LogP contribution >= 0.6 is 15.9 Å². The average molecular weight is 390 g/mol. The number of amides is 2. The van der Waals surface area contributed by atoms with E-state index in [1.165, 1.54) is 7.11 Å². The molecule has 0 aliphatic carbocycles. The Bertz CT molecular complexity index is 808. The molecule has 2 amide bonds. The zero-order valence-electron chi connectivity index (χ0n) is 12.9. The number of rotatable bonds is 4. The lowest BCUT2D eigenvalue weighted by Crippen LogP contribution is -2.33. The zero-order valence-corrected chi connectivity index (χ0v) is 14.5. The highest BCUT2D eigenvalue weighted by atomic mass is 79.9. The Morgan fingerprint density at radius 3 is 2.71 bits per heavy atom. The van der Waals surface area contributed by atoms with E-state index in [1.54, 1.807) is 17.0 Å². The van der Waals surface area contributed by atoms with Crippen molar-refractivity contribution in [2.24, 2.45) is 10.7 Å². The highest BCUT2D eigenvalue weighted by molar-refractivity contribution is 9.10. The molecule has 1 atom stereocenters. The first kappa shape index (κ1) is 16.3. The number of carbonyl (C=O) groups excluding carboxylic acids is 1. The van der Waals surface area contributed by atoms with Gasteiger partial charge in [0.2, 0.25) is 0 Å². The summed E-state index contributed by atoms with van der Waals surface area (Å²) >= 11 is 3.29. The number of hydrogen-bond donors (Lipinski definition) is 2. The van der Waals surface area contributed by atoms with Crippen molar-refractivity contribution in [3.05, 3.63) is 58.1 Å². The molecule has 0 bridgehead atoms. The van der Waals surface area contributed by atoms with Crippen LogP contribution in [0.1, 0.15) is 17.2 Å². The summed E-state index contributed by atoms with van der Waals surface area (Å²) in [6.07, 6.45) is 0. The average Bonchev–Trinajstić information content (AvgIpc) is 2.85. The van der Waals surface area contributed by atoms with Crippen LogP contribution in [-0.4, -0.2) is 29.0 Å². The number of ether oxygens (including phenoxy) is 1. The Labute approximate surface area is 147 Å². The summed E-state index contributed by atoms with van der Waals surface area (Å²) in [5, 5.41) is 9.97. The van der Waals surface area contributed by atoms with Crippen LogP contribution in [0.2, 0.25) is 0 Å². The molecule has 3 N–H and O–H groups in total. The van der Waals surface area contributed by atoms with Crippen molar-refractivity contribution >= 4 is 27.8 Å². The molecule has 0 spiro atoms. The predicted octanol–water partition coefficient (Wildman–Crippen LogP) is 3.20. The fourth-order valence-electron chi connectivity index (χ4n) is 2.70. The van der Waals surface area contributed by atoms with Gasteiger partial charge in [-0.25, -0.2) is 4.79 Å². The Morgan fingerprint density at radius 1 is 1.33 bits per heavy atom. The summed E-state index contributed by atoms with van der Waals surface area (Å²) < 4.78 is 5.64. The standard InChI is InChI=1S/C17H16BrN3O3/c1-24-13-8-11(7-12(18)15(13)22)14-16(19)20-17(23)21(14)9-10-5-3-2-4-6-10/h2-8,14,22H,9H2,1H3,(H2,19,20,23). The van der Waals surface area contributed by atoms with Gasteiger partial charge >= 0.3 is 6.03 Å². The molecule has 24 heavy (non-hydrogen) atoms. The van der Waals surface area contributed by atoms with Crippen molar-refractivity contribution in [1.82, 2.24) is 4.90 Å². The lowest BCUT2D eigenvalue weighted by atomic mass is 10.0. The predicted molar refractivity (Wildman–Crippen MR) is 94.1 cm³/mol. The largest absolute Gasteiger partial charge is 0.503 e. The maximum absolute atomic E-state index is 12.2. The van der Waals surface area contributed by atoms with Gasteiger partial charge in [0, 0.05) is 6.54 Å². The van der Waals surface area contributed by atoms with Gasteiger partial charge in [-0.15, -0.1) is 0 Å². The second-order valence-electron chi connectivity index (χ2n) is 5.39. The number of amidine groups is 1. The van der Waals surface area contributed by atoms with E-state index in [-0.39, 0.29) is 17.6 Å². The van der Waals surface area contributed by atoms with E-state index < -0.39 is 6.04 Å². The number of carbonyl (C=O) groups is 1. The van der Waals surface area contributed by atoms with E-state index in [9.17, 15) is 9.90 Å². The topological polar surface area (TPSA) is 88.2 Å². The second kappa shape index (κ2) is 6.52. The van der Waals surface area contributed by atoms with Crippen LogP contribution in [0, 0.1) is 0 Å². The van der Waals surface area contributed by atoms with Crippen LogP contribution in [0.5, 0.6) is 11.5 Å². The van der Waals surface area contributed by atoms with Crippen LogP contribution in [0.25, 0.3) is 0 Å². The van der Waals surface area contributed by atoms with Crippen LogP contribution < -0.4 is 10.5 Å². The number of nitrogens with two attached hydrogens (primary N) is 1. The molecule has 0 aromatic heterocycles. The summed E-state index contributed by atoms with van der Waals surface area (Å²) in [6.45, 7) is 0.384. The monoisotopic (exact) mass is 389 g/mol. The molecule has 0 saturated heterocycles. The highest BCUT2D eigenvalue weighted by Gasteiger charge is 2.35. The van der Waals surface area contributed by atoms with E-state index >= 15 is 0 Å². The van der Waals surface area contributed by atoms with E-state index in [1.807, 2.05) is 30.3 Å². The molecule has 3 rings (SSSR count). The lowest BCUT2D eigenvalue weighted by molar-refractivity contribution is 0.203. The Kier molecular flexibility index (Phi) is 4.44. The van der Waals surface area contributed by atoms with Crippen molar-refractivity contribution in [2.75, 3.05) is 7.11 Å². The van der Waals surface area contributed by atoms with Crippen molar-refractivity contribution in [1.29, 1.82) is 0 Å². The van der Waals surface area contributed by atoms with Gasteiger partial charge in [-0.05, 0) is 39.2 Å². The van der Waals surface area contributed by atoms with Gasteiger partial charge in [-0.3, -0.25) is 0 Å². The van der Waals surface area contributed by atoms with Crippen molar-refractivity contribution in [3.8, 4) is 11.5 Å². The van der Waals surface area contributed by atoms with Gasteiger partial charge in [0.1, 0.15) is 11.9 Å². The first-order chi connectivity index (χ1) is 11.5. The molecule has 0 radical (unpaired) electrons. The minimum absolute atomic E-state index is 0.00399. The summed E-state index contributed by atoms with van der Waals surface area (Å²) in [7, 11) is 1.46. The SMILES string of the molecule is COc1cc(C2C(N)=NC(=O)N2Cc2ccccc2)cc(Br)c1O. The van der Waals surface area contributed by atoms with Crippen LogP contribution in [0.15, 0.2) is 51.9 Å². The minimum Gasteiger partial charge on any atom is -0.503 e. The minimum atomic E-state index is -0.511. The third-order valence-corrected chi connectivity index (χ3v) is 4.45. The molecule has 124 valence electrons. The fraction of sp³-hybridized carbons (Fsp3) is 0.176. The first-order valence-corrected chi connectivity index (χ1v) is 8.05. The van der Waals surface area contributed by atoms with E-state index in [4.69, 9.17) is 10.5 Å². The highest BCUT2D eigenvalue weighted by Crippen LogP contribution is 2.39. The second-order valence-corrected chi connectivity index (χ2v) is 6.24. The molecule has 0 fully saturated rings. The summed E-state index contributed by atoms with van der Waals surface area (Å²) in [5.41, 5.74) is 7.68. The number of aromatic hydroxyl groups is 1. The van der Waals surface area contributed by atoms with Gasteiger partial charge in [-0.2, -0.15) is 4.99 Å². The number of aliphatic imine (C=N–C) groups is 1. The Balaban J connectivity index is 1.99. The summed E-state index contributed by atoms with van der Waals surface area (Å²) in [6, 6.07) is 12.1. The van der Waals surface area contributed by atoms with Gasteiger partial charge in [0.05, 0.1) is 11.6 Å². The lowest BCUT2D eigenvalue weighted by Gasteiger charge is -2.25. The summed E-state index contributed by atoms with van der Waals surface area (Å²) in [5.74, 6) is 0.512. The number of benzene rings is 2. The van der Waals surface area contributed by atoms with Crippen molar-refractivity contribution in [3.63, 3.8) is 0 Å². The van der Waals surface area contributed by atoms with Crippen LogP contribution in [0.4, 0.5) is 4.79 Å². The first-order valence-electron chi connectivity index (χ1n) is 7.26. The molecule has 1 aliphatic rings. The molecule has 6 nitrogen and oxygen atoms in total. The molecule has 1 heterocycles. The van der Waals surface area contributed by atoms with E-state index in [0.29, 0.717) is 22.3 Å². The quantitative estimate of drug-likeness (QED) is 0.839. The molecule has 2 aromatic rings. The molecule has 2 aromatic carbocycles. The molecule has 0 saturated carbocycles. The van der Waals surface area contributed by atoms with Crippen molar-refractivity contribution in [2.45, 2.75) is 12.6 Å². The normalized spacial score (nSPS) is 17.1. The van der Waals surface area contributed by atoms with Crippen molar-refractivity contribution < 1.29 is 14.6 Å². The van der Waals surface area contributed by atoms with Gasteiger partial charge in [0.25, 0.3) is 0 Å². The number of nitrogens with zero attached hydrogens (tertiary/aromatic N) is 2. The fourth-order valence-corrected chi connectivity index (χ4v) is 3.16.